The third-order valence-corrected chi connectivity index (χ3v) is 3.85. The minimum atomic E-state index is -0.572. The molecule has 1 atom stereocenters. The van der Waals surface area contributed by atoms with Crippen LogP contribution in [0.1, 0.15) is 34.6 Å². The summed E-state index contributed by atoms with van der Waals surface area (Å²) in [4.78, 5) is 13.1. The first kappa shape index (κ1) is 13.5. The number of halogens is 1. The molecular weight excluding hydrogens is 263 g/mol. The van der Waals surface area contributed by atoms with Gasteiger partial charge in [-0.15, -0.1) is 11.3 Å². The Balaban J connectivity index is 2.13. The molecule has 1 aromatic heterocycles. The molecule has 0 aliphatic carbocycles. The lowest BCUT2D eigenvalue weighted by molar-refractivity contribution is 0.0936. The van der Waals surface area contributed by atoms with Crippen LogP contribution in [0.25, 0.3) is 0 Å². The molecule has 0 fully saturated rings. The predicted molar refractivity (Wildman–Crippen MR) is 75.6 cm³/mol. The van der Waals surface area contributed by atoms with Crippen molar-refractivity contribution in [2.75, 3.05) is 5.73 Å². The summed E-state index contributed by atoms with van der Waals surface area (Å²) in [6.45, 7) is 1.99. The van der Waals surface area contributed by atoms with Gasteiger partial charge in [0.1, 0.15) is 5.82 Å². The number of hydrogen-bond donors (Lipinski definition) is 2. The summed E-state index contributed by atoms with van der Waals surface area (Å²) in [5.41, 5.74) is 5.71. The predicted octanol–water partition coefficient (Wildman–Crippen LogP) is 3.35. The van der Waals surface area contributed by atoms with Crippen LogP contribution < -0.4 is 11.1 Å². The Morgan fingerprint density at radius 2 is 2.26 bits per heavy atom. The molecule has 2 rings (SSSR count). The second-order valence-electron chi connectivity index (χ2n) is 4.19. The fourth-order valence-corrected chi connectivity index (χ4v) is 2.64. The molecule has 1 heterocycles. The fraction of sp³-hybridized carbons (Fsp3) is 0.214. The van der Waals surface area contributed by atoms with Crippen molar-refractivity contribution in [3.8, 4) is 0 Å². The zero-order chi connectivity index (χ0) is 13.8. The maximum absolute atomic E-state index is 13.3. The van der Waals surface area contributed by atoms with E-state index in [1.165, 1.54) is 12.1 Å². The SMILES string of the molecule is CCC(NC(=O)c1ccc(N)c(F)c1)c1cccs1. The van der Waals surface area contributed by atoms with E-state index < -0.39 is 5.82 Å². The molecule has 100 valence electrons. The second-order valence-corrected chi connectivity index (χ2v) is 5.17. The molecule has 0 aliphatic rings. The van der Waals surface area contributed by atoms with Crippen molar-refractivity contribution >= 4 is 22.9 Å². The van der Waals surface area contributed by atoms with Gasteiger partial charge in [-0.05, 0) is 36.1 Å². The number of anilines is 1. The summed E-state index contributed by atoms with van der Waals surface area (Å²) in [6, 6.07) is 7.95. The topological polar surface area (TPSA) is 55.1 Å². The number of amides is 1. The van der Waals surface area contributed by atoms with Gasteiger partial charge in [-0.2, -0.15) is 0 Å². The smallest absolute Gasteiger partial charge is 0.251 e. The van der Waals surface area contributed by atoms with E-state index in [0.29, 0.717) is 0 Å². The number of carbonyl (C=O) groups excluding carboxylic acids is 1. The molecular formula is C14H15FN2OS. The van der Waals surface area contributed by atoms with Gasteiger partial charge in [-0.25, -0.2) is 4.39 Å². The van der Waals surface area contributed by atoms with Crippen LogP contribution in [-0.2, 0) is 0 Å². The average molecular weight is 278 g/mol. The Labute approximate surface area is 115 Å². The first-order valence-corrected chi connectivity index (χ1v) is 6.89. The maximum Gasteiger partial charge on any atom is 0.251 e. The highest BCUT2D eigenvalue weighted by Crippen LogP contribution is 2.22. The maximum atomic E-state index is 13.3. The lowest BCUT2D eigenvalue weighted by Gasteiger charge is -2.15. The lowest BCUT2D eigenvalue weighted by atomic mass is 10.1. The highest BCUT2D eigenvalue weighted by atomic mass is 32.1. The number of nitrogen functional groups attached to an aromatic ring is 1. The summed E-state index contributed by atoms with van der Waals surface area (Å²) >= 11 is 1.59. The van der Waals surface area contributed by atoms with E-state index in [-0.39, 0.29) is 23.2 Å². The molecule has 0 aliphatic heterocycles. The quantitative estimate of drug-likeness (QED) is 0.843. The van der Waals surface area contributed by atoms with Crippen LogP contribution >= 0.6 is 11.3 Å². The van der Waals surface area contributed by atoms with Crippen LogP contribution in [0.3, 0.4) is 0 Å². The fourth-order valence-electron chi connectivity index (χ4n) is 1.77. The second kappa shape index (κ2) is 5.84. The summed E-state index contributed by atoms with van der Waals surface area (Å²) in [6.07, 6.45) is 0.781. The minimum Gasteiger partial charge on any atom is -0.396 e. The van der Waals surface area contributed by atoms with Gasteiger partial charge in [-0.1, -0.05) is 13.0 Å². The Morgan fingerprint density at radius 1 is 1.47 bits per heavy atom. The van der Waals surface area contributed by atoms with E-state index in [9.17, 15) is 9.18 Å². The van der Waals surface area contributed by atoms with Crippen molar-refractivity contribution in [2.45, 2.75) is 19.4 Å². The Morgan fingerprint density at radius 3 is 2.84 bits per heavy atom. The highest BCUT2D eigenvalue weighted by Gasteiger charge is 2.15. The van der Waals surface area contributed by atoms with Crippen molar-refractivity contribution in [3.63, 3.8) is 0 Å². The third-order valence-electron chi connectivity index (χ3n) is 2.86. The van der Waals surface area contributed by atoms with Gasteiger partial charge in [0.2, 0.25) is 0 Å². The van der Waals surface area contributed by atoms with Crippen LogP contribution in [0.2, 0.25) is 0 Å². The number of nitrogens with one attached hydrogen (secondary N) is 1. The number of rotatable bonds is 4. The molecule has 3 N–H and O–H groups in total. The average Bonchev–Trinajstić information content (AvgIpc) is 2.92. The van der Waals surface area contributed by atoms with Gasteiger partial charge in [0.15, 0.2) is 0 Å². The molecule has 0 radical (unpaired) electrons. The van der Waals surface area contributed by atoms with Gasteiger partial charge in [0.05, 0.1) is 11.7 Å². The highest BCUT2D eigenvalue weighted by molar-refractivity contribution is 7.10. The molecule has 19 heavy (non-hydrogen) atoms. The van der Waals surface area contributed by atoms with E-state index in [0.717, 1.165) is 17.4 Å². The van der Waals surface area contributed by atoms with E-state index in [1.807, 2.05) is 24.4 Å². The van der Waals surface area contributed by atoms with E-state index in [2.05, 4.69) is 5.32 Å². The molecule has 1 unspecified atom stereocenters. The van der Waals surface area contributed by atoms with Crippen LogP contribution in [0.4, 0.5) is 10.1 Å². The standard InChI is InChI=1S/C14H15FN2OS/c1-2-12(13-4-3-7-19-13)17-14(18)9-5-6-11(16)10(15)8-9/h3-8,12H,2,16H2,1H3,(H,17,18). The molecule has 1 amide bonds. The van der Waals surface area contributed by atoms with E-state index in [4.69, 9.17) is 5.73 Å². The van der Waals surface area contributed by atoms with Gasteiger partial charge in [-0.3, -0.25) is 4.79 Å². The monoisotopic (exact) mass is 278 g/mol. The summed E-state index contributed by atoms with van der Waals surface area (Å²) < 4.78 is 13.3. The van der Waals surface area contributed by atoms with Crippen molar-refractivity contribution in [3.05, 3.63) is 52.0 Å². The van der Waals surface area contributed by atoms with Gasteiger partial charge >= 0.3 is 0 Å². The van der Waals surface area contributed by atoms with Crippen molar-refractivity contribution < 1.29 is 9.18 Å². The van der Waals surface area contributed by atoms with Crippen LogP contribution in [0.5, 0.6) is 0 Å². The molecule has 3 nitrogen and oxygen atoms in total. The molecule has 0 saturated carbocycles. The zero-order valence-corrected chi connectivity index (χ0v) is 11.3. The van der Waals surface area contributed by atoms with Crippen molar-refractivity contribution in [2.24, 2.45) is 0 Å². The molecule has 0 bridgehead atoms. The normalized spacial score (nSPS) is 12.1. The van der Waals surface area contributed by atoms with E-state index in [1.54, 1.807) is 11.3 Å². The number of thiophene rings is 1. The molecule has 0 spiro atoms. The first-order chi connectivity index (χ1) is 9.11. The van der Waals surface area contributed by atoms with Crippen molar-refractivity contribution in [1.82, 2.24) is 5.32 Å². The first-order valence-electron chi connectivity index (χ1n) is 6.01. The third kappa shape index (κ3) is 3.12. The summed E-state index contributed by atoms with van der Waals surface area (Å²) in [5.74, 6) is -0.865. The summed E-state index contributed by atoms with van der Waals surface area (Å²) in [7, 11) is 0. The van der Waals surface area contributed by atoms with E-state index >= 15 is 0 Å². The Kier molecular flexibility index (Phi) is 4.16. The van der Waals surface area contributed by atoms with Gasteiger partial charge in [0.25, 0.3) is 5.91 Å². The zero-order valence-electron chi connectivity index (χ0n) is 10.5. The number of nitrogens with two attached hydrogens (primary N) is 1. The van der Waals surface area contributed by atoms with Gasteiger partial charge in [0, 0.05) is 10.4 Å². The van der Waals surface area contributed by atoms with Crippen LogP contribution in [0, 0.1) is 5.82 Å². The number of carbonyl (C=O) groups is 1. The molecule has 0 saturated heterocycles. The van der Waals surface area contributed by atoms with Gasteiger partial charge < -0.3 is 11.1 Å². The van der Waals surface area contributed by atoms with Crippen LogP contribution in [-0.4, -0.2) is 5.91 Å². The number of hydrogen-bond acceptors (Lipinski definition) is 3. The number of benzene rings is 1. The lowest BCUT2D eigenvalue weighted by Crippen LogP contribution is -2.27. The Hall–Kier alpha value is -1.88. The largest absolute Gasteiger partial charge is 0.396 e. The summed E-state index contributed by atoms with van der Waals surface area (Å²) in [5, 5.41) is 4.86. The van der Waals surface area contributed by atoms with Crippen molar-refractivity contribution in [1.29, 1.82) is 0 Å². The van der Waals surface area contributed by atoms with Crippen LogP contribution in [0.15, 0.2) is 35.7 Å². The molecule has 2 aromatic rings. The Bertz CT molecular complexity index is 569. The molecule has 1 aromatic carbocycles. The molecule has 5 heteroatoms. The minimum absolute atomic E-state index is 0.0434.